The molecule has 0 aliphatic rings. The highest BCUT2D eigenvalue weighted by Gasteiger charge is 2.17. The number of para-hydroxylation sites is 1. The standard InChI is InChI=1S/C23H17Cl2N3O2S2/c1-13(21(29)28-23-27-19-4-2-3-5-20(19)32-23)31-16-9-7-15(8-10-16)26-22(30)17-11-6-14(24)12-18(17)25/h2-13H,1H3,(H,26,30)(H,27,28,29). The van der Waals surface area contributed by atoms with Crippen LogP contribution in [0.4, 0.5) is 10.8 Å². The van der Waals surface area contributed by atoms with Crippen molar-refractivity contribution in [1.82, 2.24) is 4.98 Å². The summed E-state index contributed by atoms with van der Waals surface area (Å²) in [4.78, 5) is 30.3. The lowest BCUT2D eigenvalue weighted by atomic mass is 10.2. The molecule has 0 saturated heterocycles. The molecule has 4 aromatic rings. The number of nitrogens with zero attached hydrogens (tertiary/aromatic N) is 1. The fraction of sp³-hybridized carbons (Fsp3) is 0.0870. The molecule has 4 rings (SSSR count). The van der Waals surface area contributed by atoms with Crippen LogP contribution in [0.2, 0.25) is 10.0 Å². The van der Waals surface area contributed by atoms with E-state index >= 15 is 0 Å². The average molecular weight is 502 g/mol. The van der Waals surface area contributed by atoms with Gasteiger partial charge in [0.15, 0.2) is 5.13 Å². The van der Waals surface area contributed by atoms with Crippen molar-refractivity contribution < 1.29 is 9.59 Å². The highest BCUT2D eigenvalue weighted by atomic mass is 35.5. The van der Waals surface area contributed by atoms with Crippen molar-refractivity contribution >= 4 is 79.2 Å². The number of hydrogen-bond acceptors (Lipinski definition) is 5. The first-order valence-corrected chi connectivity index (χ1v) is 12.0. The maximum Gasteiger partial charge on any atom is 0.257 e. The first kappa shape index (κ1) is 22.6. The largest absolute Gasteiger partial charge is 0.322 e. The van der Waals surface area contributed by atoms with Gasteiger partial charge in [0.2, 0.25) is 5.91 Å². The molecule has 0 aliphatic heterocycles. The normalized spacial score (nSPS) is 11.8. The van der Waals surface area contributed by atoms with Gasteiger partial charge >= 0.3 is 0 Å². The lowest BCUT2D eigenvalue weighted by Gasteiger charge is -2.11. The number of benzene rings is 3. The number of amides is 2. The Balaban J connectivity index is 1.35. The van der Waals surface area contributed by atoms with Crippen LogP contribution in [0, 0.1) is 0 Å². The van der Waals surface area contributed by atoms with Crippen molar-refractivity contribution in [2.45, 2.75) is 17.1 Å². The van der Waals surface area contributed by atoms with E-state index in [0.29, 0.717) is 21.4 Å². The predicted molar refractivity (Wildman–Crippen MR) is 134 cm³/mol. The second-order valence-corrected chi connectivity index (χ2v) is 10.1. The number of aromatic nitrogens is 1. The summed E-state index contributed by atoms with van der Waals surface area (Å²) in [7, 11) is 0. The fourth-order valence-corrected chi connectivity index (χ4v) is 5.11. The number of rotatable bonds is 6. The van der Waals surface area contributed by atoms with Gasteiger partial charge < -0.3 is 10.6 Å². The first-order valence-electron chi connectivity index (χ1n) is 9.58. The van der Waals surface area contributed by atoms with Crippen molar-refractivity contribution in [2.24, 2.45) is 0 Å². The van der Waals surface area contributed by atoms with Crippen LogP contribution in [0.25, 0.3) is 10.2 Å². The molecule has 2 N–H and O–H groups in total. The SMILES string of the molecule is CC(Sc1ccc(NC(=O)c2ccc(Cl)cc2Cl)cc1)C(=O)Nc1nc2ccccc2s1. The monoisotopic (exact) mass is 501 g/mol. The van der Waals surface area contributed by atoms with E-state index in [1.165, 1.54) is 29.2 Å². The minimum Gasteiger partial charge on any atom is -0.322 e. The lowest BCUT2D eigenvalue weighted by molar-refractivity contribution is -0.115. The topological polar surface area (TPSA) is 71.1 Å². The number of hydrogen-bond donors (Lipinski definition) is 2. The molecular formula is C23H17Cl2N3O2S2. The van der Waals surface area contributed by atoms with Gasteiger partial charge in [0, 0.05) is 15.6 Å². The summed E-state index contributed by atoms with van der Waals surface area (Å²) in [6.07, 6.45) is 0. The number of anilines is 2. The van der Waals surface area contributed by atoms with E-state index < -0.39 is 0 Å². The van der Waals surface area contributed by atoms with Gasteiger partial charge in [-0.3, -0.25) is 9.59 Å². The molecule has 1 heterocycles. The average Bonchev–Trinajstić information content (AvgIpc) is 3.17. The number of carbonyl (C=O) groups is 2. The van der Waals surface area contributed by atoms with Gasteiger partial charge in [-0.15, -0.1) is 11.8 Å². The first-order chi connectivity index (χ1) is 15.4. The maximum absolute atomic E-state index is 12.6. The van der Waals surface area contributed by atoms with Crippen LogP contribution in [0.3, 0.4) is 0 Å². The maximum atomic E-state index is 12.6. The molecule has 0 saturated carbocycles. The summed E-state index contributed by atoms with van der Waals surface area (Å²) in [5, 5.41) is 6.71. The van der Waals surface area contributed by atoms with Crippen LogP contribution >= 0.6 is 46.3 Å². The van der Waals surface area contributed by atoms with Crippen molar-refractivity contribution in [2.75, 3.05) is 10.6 Å². The zero-order chi connectivity index (χ0) is 22.7. The van der Waals surface area contributed by atoms with Crippen LogP contribution in [-0.2, 0) is 4.79 Å². The molecule has 0 radical (unpaired) electrons. The zero-order valence-electron chi connectivity index (χ0n) is 16.8. The van der Waals surface area contributed by atoms with E-state index in [9.17, 15) is 9.59 Å². The number of halogens is 2. The summed E-state index contributed by atoms with van der Waals surface area (Å²) in [5.74, 6) is -0.445. The Morgan fingerprint density at radius 3 is 2.47 bits per heavy atom. The zero-order valence-corrected chi connectivity index (χ0v) is 19.9. The molecule has 0 spiro atoms. The van der Waals surface area contributed by atoms with Crippen molar-refractivity contribution in [3.63, 3.8) is 0 Å². The van der Waals surface area contributed by atoms with Crippen LogP contribution in [0.15, 0.2) is 71.6 Å². The van der Waals surface area contributed by atoms with E-state index in [4.69, 9.17) is 23.2 Å². The van der Waals surface area contributed by atoms with Crippen LogP contribution in [0.5, 0.6) is 0 Å². The summed E-state index contributed by atoms with van der Waals surface area (Å²) < 4.78 is 1.03. The van der Waals surface area contributed by atoms with Gasteiger partial charge in [0.25, 0.3) is 5.91 Å². The Morgan fingerprint density at radius 1 is 1.00 bits per heavy atom. The molecule has 0 bridgehead atoms. The molecule has 0 aliphatic carbocycles. The Labute approximate surface area is 203 Å². The van der Waals surface area contributed by atoms with E-state index in [0.717, 1.165) is 15.1 Å². The van der Waals surface area contributed by atoms with E-state index in [1.807, 2.05) is 43.3 Å². The Hall–Kier alpha value is -2.58. The lowest BCUT2D eigenvalue weighted by Crippen LogP contribution is -2.22. The molecule has 1 aromatic heterocycles. The third-order valence-corrected chi connectivity index (χ3v) is 7.11. The van der Waals surface area contributed by atoms with E-state index in [2.05, 4.69) is 15.6 Å². The Morgan fingerprint density at radius 2 is 1.75 bits per heavy atom. The fourth-order valence-electron chi connectivity index (χ4n) is 2.88. The molecule has 32 heavy (non-hydrogen) atoms. The molecule has 1 atom stereocenters. The molecule has 162 valence electrons. The van der Waals surface area contributed by atoms with Gasteiger partial charge in [-0.05, 0) is 61.5 Å². The predicted octanol–water partition coefficient (Wildman–Crippen LogP) is 6.97. The number of thiazole rings is 1. The van der Waals surface area contributed by atoms with Crippen LogP contribution in [0.1, 0.15) is 17.3 Å². The van der Waals surface area contributed by atoms with Gasteiger partial charge in [-0.2, -0.15) is 0 Å². The second kappa shape index (κ2) is 9.92. The molecular weight excluding hydrogens is 485 g/mol. The highest BCUT2D eigenvalue weighted by Crippen LogP contribution is 2.29. The third kappa shape index (κ3) is 5.42. The van der Waals surface area contributed by atoms with Crippen molar-refractivity contribution in [1.29, 1.82) is 0 Å². The summed E-state index contributed by atoms with van der Waals surface area (Å²) in [6.45, 7) is 1.84. The Bertz CT molecular complexity index is 1260. The van der Waals surface area contributed by atoms with Crippen LogP contribution < -0.4 is 10.6 Å². The Kier molecular flexibility index (Phi) is 7.01. The minimum absolute atomic E-state index is 0.121. The number of nitrogens with one attached hydrogen (secondary N) is 2. The smallest absolute Gasteiger partial charge is 0.257 e. The van der Waals surface area contributed by atoms with Gasteiger partial charge in [0.1, 0.15) is 0 Å². The second-order valence-electron chi connectivity index (χ2n) is 6.84. The highest BCUT2D eigenvalue weighted by molar-refractivity contribution is 8.00. The number of thioether (sulfide) groups is 1. The van der Waals surface area contributed by atoms with Gasteiger partial charge in [0.05, 0.1) is 26.1 Å². The summed E-state index contributed by atoms with van der Waals surface area (Å²) in [5.41, 5.74) is 1.83. The summed E-state index contributed by atoms with van der Waals surface area (Å²) >= 11 is 14.8. The third-order valence-electron chi connectivity index (χ3n) is 4.49. The quantitative estimate of drug-likeness (QED) is 0.279. The summed E-state index contributed by atoms with van der Waals surface area (Å²) in [6, 6.07) is 19.7. The van der Waals surface area contributed by atoms with E-state index in [1.54, 1.807) is 24.3 Å². The van der Waals surface area contributed by atoms with E-state index in [-0.39, 0.29) is 22.1 Å². The number of fused-ring (bicyclic) bond motifs is 1. The number of carbonyl (C=O) groups excluding carboxylic acids is 2. The molecule has 5 nitrogen and oxygen atoms in total. The minimum atomic E-state index is -0.324. The molecule has 3 aromatic carbocycles. The van der Waals surface area contributed by atoms with Crippen molar-refractivity contribution in [3.05, 3.63) is 82.3 Å². The van der Waals surface area contributed by atoms with Crippen molar-refractivity contribution in [3.8, 4) is 0 Å². The molecule has 0 fully saturated rings. The van der Waals surface area contributed by atoms with Gasteiger partial charge in [-0.1, -0.05) is 46.7 Å². The molecule has 1 unspecified atom stereocenters. The van der Waals surface area contributed by atoms with Gasteiger partial charge in [-0.25, -0.2) is 4.98 Å². The van der Waals surface area contributed by atoms with Crippen LogP contribution in [-0.4, -0.2) is 22.0 Å². The molecule has 9 heteroatoms. The molecule has 2 amide bonds.